The van der Waals surface area contributed by atoms with Crippen LogP contribution >= 0.6 is 0 Å². The number of urea groups is 1. The largest absolute Gasteiger partial charge is 0.484 e. The van der Waals surface area contributed by atoms with Gasteiger partial charge in [0, 0.05) is 24.6 Å². The number of hydrogen-bond donors (Lipinski definition) is 3. The first-order valence-electron chi connectivity index (χ1n) is 16.5. The highest BCUT2D eigenvalue weighted by molar-refractivity contribution is 5.89. The van der Waals surface area contributed by atoms with Crippen molar-refractivity contribution in [2.45, 2.75) is 70.4 Å². The van der Waals surface area contributed by atoms with E-state index in [2.05, 4.69) is 37.9 Å². The summed E-state index contributed by atoms with van der Waals surface area (Å²) < 4.78 is 10.4. The van der Waals surface area contributed by atoms with Crippen molar-refractivity contribution in [1.82, 2.24) is 29.7 Å². The summed E-state index contributed by atoms with van der Waals surface area (Å²) in [5.41, 5.74) is 4.95. The molecule has 244 valence electrons. The van der Waals surface area contributed by atoms with Gasteiger partial charge in [0.2, 0.25) is 5.95 Å². The Bertz CT molecular complexity index is 1870. The summed E-state index contributed by atoms with van der Waals surface area (Å²) in [6, 6.07) is 21.3. The molecule has 47 heavy (non-hydrogen) atoms. The van der Waals surface area contributed by atoms with Crippen LogP contribution in [0.3, 0.4) is 0 Å². The fourth-order valence-corrected chi connectivity index (χ4v) is 6.50. The second kappa shape index (κ2) is 12.7. The number of piperidine rings is 1. The number of aliphatic hydroxyl groups excluding tert-OH is 1. The van der Waals surface area contributed by atoms with E-state index in [4.69, 9.17) is 9.84 Å². The van der Waals surface area contributed by atoms with Gasteiger partial charge in [-0.15, -0.1) is 10.2 Å². The van der Waals surface area contributed by atoms with E-state index in [1.807, 2.05) is 86.0 Å². The number of fused-ring (bicyclic) bond motifs is 2. The van der Waals surface area contributed by atoms with Crippen LogP contribution in [-0.2, 0) is 5.41 Å². The summed E-state index contributed by atoms with van der Waals surface area (Å²) in [6.45, 7) is 7.78. The van der Waals surface area contributed by atoms with E-state index in [1.165, 1.54) is 6.42 Å². The highest BCUT2D eigenvalue weighted by atomic mass is 16.5. The van der Waals surface area contributed by atoms with Gasteiger partial charge in [0.25, 0.3) is 0 Å². The van der Waals surface area contributed by atoms with Crippen molar-refractivity contribution in [2.75, 3.05) is 29.9 Å². The summed E-state index contributed by atoms with van der Waals surface area (Å²) >= 11 is 0. The van der Waals surface area contributed by atoms with Crippen molar-refractivity contribution in [3.63, 3.8) is 0 Å². The zero-order valence-corrected chi connectivity index (χ0v) is 27.2. The summed E-state index contributed by atoms with van der Waals surface area (Å²) in [7, 11) is 0. The predicted octanol–water partition coefficient (Wildman–Crippen LogP) is 6.26. The molecule has 2 amide bonds. The quantitative estimate of drug-likeness (QED) is 0.184. The maximum atomic E-state index is 13.5. The molecule has 11 heteroatoms. The Kier molecular flexibility index (Phi) is 8.31. The van der Waals surface area contributed by atoms with Gasteiger partial charge in [-0.1, -0.05) is 55.8 Å². The summed E-state index contributed by atoms with van der Waals surface area (Å²) in [5.74, 6) is 2.15. The Morgan fingerprint density at radius 2 is 1.74 bits per heavy atom. The normalized spacial score (nSPS) is 18.2. The highest BCUT2D eigenvalue weighted by Crippen LogP contribution is 2.39. The standard InChI is InChI=1S/C36H42N8O3/c1-24-11-13-25(14-12-24)44-33(21-31(41-44)36(2,3)23-45)38-34(46)37-29-16-17-30(28-10-6-5-9-27(28)29)47-26-15-18-32-39-40-35(43(32)22-26)42-19-7-4-8-20-42/h5-6,9-15,18,21-22,29-30,45H,4,7-8,16-17,19-20,23H2,1-3H3,(H2,37,38,46)/t29-,30+/m0/s1. The molecule has 2 atom stereocenters. The van der Waals surface area contributed by atoms with Crippen LogP contribution in [0.25, 0.3) is 11.3 Å². The molecule has 2 aliphatic rings. The van der Waals surface area contributed by atoms with Gasteiger partial charge in [0.05, 0.1) is 30.2 Å². The monoisotopic (exact) mass is 634 g/mol. The van der Waals surface area contributed by atoms with E-state index in [0.29, 0.717) is 17.9 Å². The van der Waals surface area contributed by atoms with Crippen LogP contribution in [0.5, 0.6) is 5.75 Å². The predicted molar refractivity (Wildman–Crippen MR) is 181 cm³/mol. The lowest BCUT2D eigenvalue weighted by Gasteiger charge is -2.32. The number of hydrogen-bond acceptors (Lipinski definition) is 7. The molecule has 1 fully saturated rings. The van der Waals surface area contributed by atoms with Crippen LogP contribution in [0.1, 0.15) is 80.5 Å². The van der Waals surface area contributed by atoms with Gasteiger partial charge < -0.3 is 20.1 Å². The minimum atomic E-state index is -0.575. The van der Waals surface area contributed by atoms with Crippen LogP contribution in [0.15, 0.2) is 72.9 Å². The average molecular weight is 635 g/mol. The molecule has 2 aromatic carbocycles. The van der Waals surface area contributed by atoms with Crippen LogP contribution < -0.4 is 20.3 Å². The lowest BCUT2D eigenvalue weighted by atomic mass is 9.85. The first-order chi connectivity index (χ1) is 22.8. The van der Waals surface area contributed by atoms with Crippen molar-refractivity contribution in [2.24, 2.45) is 0 Å². The van der Waals surface area contributed by atoms with E-state index in [0.717, 1.165) is 72.1 Å². The molecule has 3 N–H and O–H groups in total. The molecule has 0 spiro atoms. The number of ether oxygens (including phenoxy) is 1. The Hall–Kier alpha value is -4.90. The number of benzene rings is 2. The van der Waals surface area contributed by atoms with Gasteiger partial charge >= 0.3 is 6.03 Å². The van der Waals surface area contributed by atoms with E-state index >= 15 is 0 Å². The molecule has 5 aromatic rings. The van der Waals surface area contributed by atoms with Gasteiger partial charge in [-0.2, -0.15) is 5.10 Å². The number of pyridine rings is 1. The van der Waals surface area contributed by atoms with Gasteiger partial charge in [-0.3, -0.25) is 9.72 Å². The fraction of sp³-hybridized carbons (Fsp3) is 0.389. The number of aromatic nitrogens is 5. The maximum Gasteiger partial charge on any atom is 0.320 e. The van der Waals surface area contributed by atoms with E-state index in [1.54, 1.807) is 4.68 Å². The molecular formula is C36H42N8O3. The van der Waals surface area contributed by atoms with Crippen molar-refractivity contribution in [3.05, 3.63) is 95.3 Å². The highest BCUT2D eigenvalue weighted by Gasteiger charge is 2.31. The van der Waals surface area contributed by atoms with Crippen LogP contribution in [0.2, 0.25) is 0 Å². The number of carbonyl (C=O) groups excluding carboxylic acids is 1. The number of nitrogens with zero attached hydrogens (tertiary/aromatic N) is 6. The van der Waals surface area contributed by atoms with Crippen molar-refractivity contribution >= 4 is 23.4 Å². The molecule has 0 radical (unpaired) electrons. The number of aryl methyl sites for hydroxylation is 1. The van der Waals surface area contributed by atoms with E-state index in [9.17, 15) is 9.90 Å². The van der Waals surface area contributed by atoms with Gasteiger partial charge in [0.15, 0.2) is 5.65 Å². The molecule has 0 unspecified atom stereocenters. The van der Waals surface area contributed by atoms with Crippen molar-refractivity contribution in [3.8, 4) is 11.4 Å². The average Bonchev–Trinajstić information content (AvgIpc) is 3.71. The van der Waals surface area contributed by atoms with Crippen molar-refractivity contribution < 1.29 is 14.6 Å². The number of nitrogens with one attached hydrogen (secondary N) is 2. The SMILES string of the molecule is Cc1ccc(-n2nc(C(C)(C)CO)cc2NC(=O)N[C@H]2CC[C@@H](Oc3ccc4nnc(N5CCCCC5)n4c3)c3ccccc32)cc1. The Morgan fingerprint density at radius 1 is 0.979 bits per heavy atom. The summed E-state index contributed by atoms with van der Waals surface area (Å²) in [6.07, 6.45) is 6.85. The minimum Gasteiger partial charge on any atom is -0.484 e. The Balaban J connectivity index is 1.09. The van der Waals surface area contributed by atoms with Crippen molar-refractivity contribution in [1.29, 1.82) is 0 Å². The zero-order valence-electron chi connectivity index (χ0n) is 27.2. The van der Waals surface area contributed by atoms with E-state index < -0.39 is 5.41 Å². The number of carbonyl (C=O) groups is 1. The molecule has 7 rings (SSSR count). The van der Waals surface area contributed by atoms with Gasteiger partial charge in [-0.25, -0.2) is 9.48 Å². The molecule has 1 aliphatic carbocycles. The van der Waals surface area contributed by atoms with Crippen LogP contribution in [-0.4, -0.2) is 55.2 Å². The Morgan fingerprint density at radius 3 is 2.51 bits per heavy atom. The second-order valence-corrected chi connectivity index (χ2v) is 13.3. The molecule has 1 saturated heterocycles. The zero-order chi connectivity index (χ0) is 32.5. The number of aliphatic hydroxyl groups is 1. The van der Waals surface area contributed by atoms with Gasteiger partial charge in [-0.05, 0) is 74.4 Å². The van der Waals surface area contributed by atoms with Crippen LogP contribution in [0.4, 0.5) is 16.6 Å². The third-order valence-electron chi connectivity index (χ3n) is 9.33. The first-order valence-corrected chi connectivity index (χ1v) is 16.5. The smallest absolute Gasteiger partial charge is 0.320 e. The molecular weight excluding hydrogens is 592 g/mol. The minimum absolute atomic E-state index is 0.0711. The topological polar surface area (TPSA) is 122 Å². The lowest BCUT2D eigenvalue weighted by molar-refractivity contribution is 0.171. The summed E-state index contributed by atoms with van der Waals surface area (Å²) in [5, 5.41) is 29.9. The maximum absolute atomic E-state index is 13.5. The molecule has 4 heterocycles. The number of rotatable bonds is 8. The van der Waals surface area contributed by atoms with Crippen LogP contribution in [0, 0.1) is 6.92 Å². The summed E-state index contributed by atoms with van der Waals surface area (Å²) in [4.78, 5) is 15.8. The van der Waals surface area contributed by atoms with Gasteiger partial charge in [0.1, 0.15) is 17.7 Å². The number of amides is 2. The second-order valence-electron chi connectivity index (χ2n) is 13.3. The molecule has 0 bridgehead atoms. The van der Waals surface area contributed by atoms with E-state index in [-0.39, 0.29) is 24.8 Å². The molecule has 1 aliphatic heterocycles. The third kappa shape index (κ3) is 6.27. The third-order valence-corrected chi connectivity index (χ3v) is 9.33. The molecule has 0 saturated carbocycles. The fourth-order valence-electron chi connectivity index (χ4n) is 6.50. The first kappa shape index (κ1) is 30.7. The lowest BCUT2D eigenvalue weighted by Crippen LogP contribution is -2.36. The number of anilines is 2. The molecule has 11 nitrogen and oxygen atoms in total. The molecule has 3 aromatic heterocycles. The Labute approximate surface area is 274 Å².